The van der Waals surface area contributed by atoms with Crippen molar-refractivity contribution in [1.29, 1.82) is 0 Å². The Balaban J connectivity index is 2.25. The third-order valence-corrected chi connectivity index (χ3v) is 2.77. The van der Waals surface area contributed by atoms with Crippen molar-refractivity contribution in [2.75, 3.05) is 0 Å². The van der Waals surface area contributed by atoms with E-state index in [-0.39, 0.29) is 0 Å². The zero-order valence-corrected chi connectivity index (χ0v) is 8.01. The smallest absolute Gasteiger partial charge is 0.127 e. The Morgan fingerprint density at radius 3 is 2.67 bits per heavy atom. The molecule has 1 heterocycles. The molecule has 1 aromatic heterocycles. The van der Waals surface area contributed by atoms with Crippen LogP contribution in [0.25, 0.3) is 0 Å². The van der Waals surface area contributed by atoms with Crippen molar-refractivity contribution in [2.45, 2.75) is 38.6 Å². The van der Waals surface area contributed by atoms with Crippen LogP contribution in [-0.4, -0.2) is 9.78 Å². The molecule has 0 bridgehead atoms. The first-order valence-electron chi connectivity index (χ1n) is 4.49. The predicted octanol–water partition coefficient (Wildman–Crippen LogP) is 2.96. The molecule has 3 heteroatoms. The molecule has 66 valence electrons. The van der Waals surface area contributed by atoms with Crippen molar-refractivity contribution in [3.63, 3.8) is 0 Å². The standard InChI is InChI=1S/C9H13ClN2/c1-7-6-9(10)12(11-7)8-4-2-3-5-8/h6,8H,2-5H2,1H3. The van der Waals surface area contributed by atoms with Crippen LogP contribution in [-0.2, 0) is 0 Å². The van der Waals surface area contributed by atoms with Gasteiger partial charge in [-0.05, 0) is 25.8 Å². The fourth-order valence-corrected chi connectivity index (χ4v) is 2.22. The highest BCUT2D eigenvalue weighted by Crippen LogP contribution is 2.31. The molecule has 1 aliphatic rings. The molecule has 0 amide bonds. The normalized spacial score (nSPS) is 18.8. The lowest BCUT2D eigenvalue weighted by atomic mass is 10.3. The maximum atomic E-state index is 6.03. The fourth-order valence-electron chi connectivity index (χ4n) is 1.89. The van der Waals surface area contributed by atoms with Gasteiger partial charge in [-0.1, -0.05) is 24.4 Å². The van der Waals surface area contributed by atoms with Gasteiger partial charge in [0.25, 0.3) is 0 Å². The van der Waals surface area contributed by atoms with E-state index in [9.17, 15) is 0 Å². The second-order valence-electron chi connectivity index (χ2n) is 3.49. The Hall–Kier alpha value is -0.500. The van der Waals surface area contributed by atoms with E-state index in [1.165, 1.54) is 25.7 Å². The van der Waals surface area contributed by atoms with Gasteiger partial charge in [0.1, 0.15) is 5.15 Å². The number of nitrogens with zero attached hydrogens (tertiary/aromatic N) is 2. The summed E-state index contributed by atoms with van der Waals surface area (Å²) in [5, 5.41) is 5.17. The van der Waals surface area contributed by atoms with Crippen LogP contribution in [0.3, 0.4) is 0 Å². The molecule has 0 spiro atoms. The summed E-state index contributed by atoms with van der Waals surface area (Å²) in [7, 11) is 0. The molecular formula is C9H13ClN2. The molecule has 2 rings (SSSR count). The summed E-state index contributed by atoms with van der Waals surface area (Å²) in [4.78, 5) is 0. The Morgan fingerprint density at radius 2 is 2.17 bits per heavy atom. The average molecular weight is 185 g/mol. The van der Waals surface area contributed by atoms with E-state index in [2.05, 4.69) is 5.10 Å². The minimum absolute atomic E-state index is 0.561. The SMILES string of the molecule is Cc1cc(Cl)n(C2CCCC2)n1. The van der Waals surface area contributed by atoms with Crippen molar-refractivity contribution in [2.24, 2.45) is 0 Å². The van der Waals surface area contributed by atoms with Crippen molar-refractivity contribution < 1.29 is 0 Å². The first-order chi connectivity index (χ1) is 5.77. The molecule has 0 unspecified atom stereocenters. The largest absolute Gasteiger partial charge is 0.251 e. The third-order valence-electron chi connectivity index (χ3n) is 2.48. The minimum Gasteiger partial charge on any atom is -0.251 e. The zero-order chi connectivity index (χ0) is 8.55. The summed E-state index contributed by atoms with van der Waals surface area (Å²) < 4.78 is 1.98. The summed E-state index contributed by atoms with van der Waals surface area (Å²) in [5.41, 5.74) is 1.02. The van der Waals surface area contributed by atoms with Crippen LogP contribution >= 0.6 is 11.6 Å². The van der Waals surface area contributed by atoms with Gasteiger partial charge in [-0.3, -0.25) is 4.68 Å². The first-order valence-corrected chi connectivity index (χ1v) is 4.87. The third kappa shape index (κ3) is 1.36. The molecule has 0 aromatic carbocycles. The van der Waals surface area contributed by atoms with E-state index in [4.69, 9.17) is 11.6 Å². The molecule has 1 saturated carbocycles. The van der Waals surface area contributed by atoms with Gasteiger partial charge in [0.15, 0.2) is 0 Å². The highest BCUT2D eigenvalue weighted by atomic mass is 35.5. The molecule has 0 radical (unpaired) electrons. The van der Waals surface area contributed by atoms with E-state index in [1.807, 2.05) is 17.7 Å². The van der Waals surface area contributed by atoms with Crippen LogP contribution < -0.4 is 0 Å². The van der Waals surface area contributed by atoms with E-state index >= 15 is 0 Å². The molecule has 0 saturated heterocycles. The quantitative estimate of drug-likeness (QED) is 0.656. The Morgan fingerprint density at radius 1 is 1.50 bits per heavy atom. The van der Waals surface area contributed by atoms with Crippen LogP contribution in [0.4, 0.5) is 0 Å². The lowest BCUT2D eigenvalue weighted by Gasteiger charge is -2.10. The minimum atomic E-state index is 0.561. The van der Waals surface area contributed by atoms with Crippen molar-refractivity contribution in [1.82, 2.24) is 9.78 Å². The number of aromatic nitrogens is 2. The monoisotopic (exact) mass is 184 g/mol. The summed E-state index contributed by atoms with van der Waals surface area (Å²) in [6, 6.07) is 2.49. The molecule has 1 aromatic rings. The van der Waals surface area contributed by atoms with Gasteiger partial charge in [0.2, 0.25) is 0 Å². The molecule has 12 heavy (non-hydrogen) atoms. The van der Waals surface area contributed by atoms with Crippen LogP contribution in [0.1, 0.15) is 37.4 Å². The number of rotatable bonds is 1. The highest BCUT2D eigenvalue weighted by Gasteiger charge is 2.19. The lowest BCUT2D eigenvalue weighted by molar-refractivity contribution is 0.465. The summed E-state index contributed by atoms with van der Waals surface area (Å²) in [6.45, 7) is 1.98. The van der Waals surface area contributed by atoms with Crippen LogP contribution in [0, 0.1) is 6.92 Å². The second-order valence-corrected chi connectivity index (χ2v) is 3.88. The number of halogens is 1. The summed E-state index contributed by atoms with van der Waals surface area (Å²) in [5.74, 6) is 0. The molecule has 1 aliphatic carbocycles. The van der Waals surface area contributed by atoms with E-state index in [1.54, 1.807) is 0 Å². The van der Waals surface area contributed by atoms with E-state index in [0.29, 0.717) is 6.04 Å². The Kier molecular flexibility index (Phi) is 2.09. The second kappa shape index (κ2) is 3.09. The summed E-state index contributed by atoms with van der Waals surface area (Å²) >= 11 is 6.03. The molecule has 0 N–H and O–H groups in total. The molecular weight excluding hydrogens is 172 g/mol. The maximum Gasteiger partial charge on any atom is 0.127 e. The molecule has 0 aliphatic heterocycles. The topological polar surface area (TPSA) is 17.8 Å². The molecule has 2 nitrogen and oxygen atoms in total. The van der Waals surface area contributed by atoms with Crippen LogP contribution in [0.5, 0.6) is 0 Å². The average Bonchev–Trinajstić information content (AvgIpc) is 2.58. The lowest BCUT2D eigenvalue weighted by Crippen LogP contribution is -2.06. The number of hydrogen-bond acceptors (Lipinski definition) is 1. The van der Waals surface area contributed by atoms with Gasteiger partial charge in [-0.25, -0.2) is 0 Å². The van der Waals surface area contributed by atoms with Gasteiger partial charge in [-0.15, -0.1) is 0 Å². The number of aryl methyl sites for hydroxylation is 1. The predicted molar refractivity (Wildman–Crippen MR) is 49.5 cm³/mol. The Labute approximate surface area is 77.5 Å². The van der Waals surface area contributed by atoms with E-state index < -0.39 is 0 Å². The number of hydrogen-bond donors (Lipinski definition) is 0. The highest BCUT2D eigenvalue weighted by molar-refractivity contribution is 6.29. The van der Waals surface area contributed by atoms with Crippen LogP contribution in [0.15, 0.2) is 6.07 Å². The van der Waals surface area contributed by atoms with Crippen LogP contribution in [0.2, 0.25) is 5.15 Å². The van der Waals surface area contributed by atoms with Crippen molar-refractivity contribution >= 4 is 11.6 Å². The van der Waals surface area contributed by atoms with Crippen molar-refractivity contribution in [3.05, 3.63) is 16.9 Å². The Bertz CT molecular complexity index is 274. The van der Waals surface area contributed by atoms with Gasteiger partial charge in [-0.2, -0.15) is 5.10 Å². The van der Waals surface area contributed by atoms with Gasteiger partial charge in [0.05, 0.1) is 11.7 Å². The van der Waals surface area contributed by atoms with Gasteiger partial charge < -0.3 is 0 Å². The summed E-state index contributed by atoms with van der Waals surface area (Å²) in [6.07, 6.45) is 5.11. The van der Waals surface area contributed by atoms with Crippen molar-refractivity contribution in [3.8, 4) is 0 Å². The molecule has 0 atom stereocenters. The van der Waals surface area contributed by atoms with Gasteiger partial charge >= 0.3 is 0 Å². The van der Waals surface area contributed by atoms with Gasteiger partial charge in [0, 0.05) is 0 Å². The van der Waals surface area contributed by atoms with E-state index in [0.717, 1.165) is 10.8 Å². The first kappa shape index (κ1) is 8.11. The maximum absolute atomic E-state index is 6.03. The fraction of sp³-hybridized carbons (Fsp3) is 0.667. The molecule has 1 fully saturated rings. The zero-order valence-electron chi connectivity index (χ0n) is 7.26.